The summed E-state index contributed by atoms with van der Waals surface area (Å²) in [6.07, 6.45) is 8.09. The van der Waals surface area contributed by atoms with E-state index in [1.165, 1.54) is 51.6 Å². The molecule has 1 nitrogen and oxygen atoms in total. The summed E-state index contributed by atoms with van der Waals surface area (Å²) in [7, 11) is 2.24. The molecular formula is C16H23N. The van der Waals surface area contributed by atoms with Gasteiger partial charge in [-0.05, 0) is 81.3 Å². The Morgan fingerprint density at radius 1 is 1.00 bits per heavy atom. The third-order valence-corrected chi connectivity index (χ3v) is 4.56. The van der Waals surface area contributed by atoms with Crippen molar-refractivity contribution < 1.29 is 0 Å². The standard InChI is InChI=1S/C16H23N/c1-17-10-8-14(9-11-17)16-7-6-13-4-2-3-5-15(13)12-16/h6-7,12,14H,2-5,8-11H2,1H3. The molecule has 3 rings (SSSR count). The zero-order chi connectivity index (χ0) is 11.7. The van der Waals surface area contributed by atoms with Gasteiger partial charge in [-0.3, -0.25) is 0 Å². The lowest BCUT2D eigenvalue weighted by Gasteiger charge is -2.30. The fourth-order valence-electron chi connectivity index (χ4n) is 3.35. The largest absolute Gasteiger partial charge is 0.306 e. The molecule has 0 aromatic heterocycles. The van der Waals surface area contributed by atoms with E-state index < -0.39 is 0 Å². The minimum Gasteiger partial charge on any atom is -0.306 e. The fourth-order valence-corrected chi connectivity index (χ4v) is 3.35. The first-order valence-electron chi connectivity index (χ1n) is 7.13. The zero-order valence-corrected chi connectivity index (χ0v) is 10.9. The lowest BCUT2D eigenvalue weighted by molar-refractivity contribution is 0.255. The van der Waals surface area contributed by atoms with Crippen molar-refractivity contribution in [2.45, 2.75) is 44.4 Å². The van der Waals surface area contributed by atoms with Crippen LogP contribution in [0.1, 0.15) is 48.3 Å². The van der Waals surface area contributed by atoms with Crippen LogP contribution in [0.4, 0.5) is 0 Å². The molecule has 0 unspecified atom stereocenters. The highest BCUT2D eigenvalue weighted by Gasteiger charge is 2.19. The van der Waals surface area contributed by atoms with Gasteiger partial charge in [-0.25, -0.2) is 0 Å². The first-order valence-corrected chi connectivity index (χ1v) is 7.13. The summed E-state index contributed by atoms with van der Waals surface area (Å²) in [5, 5.41) is 0. The Labute approximate surface area is 105 Å². The van der Waals surface area contributed by atoms with E-state index in [4.69, 9.17) is 0 Å². The van der Waals surface area contributed by atoms with Crippen LogP contribution in [0.5, 0.6) is 0 Å². The molecule has 1 aliphatic heterocycles. The maximum Gasteiger partial charge on any atom is -0.00159 e. The summed E-state index contributed by atoms with van der Waals surface area (Å²) < 4.78 is 0. The smallest absolute Gasteiger partial charge is 0.00159 e. The molecule has 1 fully saturated rings. The Hall–Kier alpha value is -0.820. The molecule has 92 valence electrons. The Morgan fingerprint density at radius 2 is 1.71 bits per heavy atom. The number of likely N-dealkylation sites (tertiary alicyclic amines) is 1. The highest BCUT2D eigenvalue weighted by atomic mass is 15.1. The van der Waals surface area contributed by atoms with Crippen LogP contribution >= 0.6 is 0 Å². The van der Waals surface area contributed by atoms with Crippen molar-refractivity contribution in [3.8, 4) is 0 Å². The average molecular weight is 229 g/mol. The maximum absolute atomic E-state index is 2.52. The molecule has 0 amide bonds. The molecule has 17 heavy (non-hydrogen) atoms. The molecule has 0 atom stereocenters. The second-order valence-corrected chi connectivity index (χ2v) is 5.81. The van der Waals surface area contributed by atoms with Crippen LogP contribution in [-0.4, -0.2) is 25.0 Å². The number of hydrogen-bond acceptors (Lipinski definition) is 1. The van der Waals surface area contributed by atoms with E-state index in [0.29, 0.717) is 0 Å². The van der Waals surface area contributed by atoms with Crippen LogP contribution in [-0.2, 0) is 12.8 Å². The summed E-state index contributed by atoms with van der Waals surface area (Å²) in [6.45, 7) is 2.53. The highest BCUT2D eigenvalue weighted by Crippen LogP contribution is 2.31. The van der Waals surface area contributed by atoms with Crippen LogP contribution in [0, 0.1) is 0 Å². The molecule has 1 aromatic rings. The van der Waals surface area contributed by atoms with E-state index in [-0.39, 0.29) is 0 Å². The maximum atomic E-state index is 2.52. The molecular weight excluding hydrogens is 206 g/mol. The van der Waals surface area contributed by atoms with Crippen molar-refractivity contribution in [1.29, 1.82) is 0 Å². The van der Waals surface area contributed by atoms with Gasteiger partial charge in [0.25, 0.3) is 0 Å². The first kappa shape index (κ1) is 11.3. The lowest BCUT2D eigenvalue weighted by Crippen LogP contribution is -2.29. The van der Waals surface area contributed by atoms with Gasteiger partial charge in [0.05, 0.1) is 0 Å². The number of piperidine rings is 1. The van der Waals surface area contributed by atoms with Crippen LogP contribution in [0.3, 0.4) is 0 Å². The van der Waals surface area contributed by atoms with Crippen molar-refractivity contribution >= 4 is 0 Å². The molecule has 0 spiro atoms. The summed E-state index contributed by atoms with van der Waals surface area (Å²) >= 11 is 0. The Bertz CT molecular complexity index is 389. The first-order chi connectivity index (χ1) is 8.33. The third-order valence-electron chi connectivity index (χ3n) is 4.56. The second-order valence-electron chi connectivity index (χ2n) is 5.81. The van der Waals surface area contributed by atoms with Crippen LogP contribution in [0.25, 0.3) is 0 Å². The molecule has 2 aliphatic rings. The predicted molar refractivity (Wildman–Crippen MR) is 72.6 cm³/mol. The van der Waals surface area contributed by atoms with Crippen molar-refractivity contribution in [3.63, 3.8) is 0 Å². The van der Waals surface area contributed by atoms with Gasteiger partial charge in [0.1, 0.15) is 0 Å². The van der Waals surface area contributed by atoms with E-state index >= 15 is 0 Å². The topological polar surface area (TPSA) is 3.24 Å². The Balaban J connectivity index is 1.79. The lowest BCUT2D eigenvalue weighted by atomic mass is 9.84. The molecule has 1 saturated heterocycles. The van der Waals surface area contributed by atoms with Crippen molar-refractivity contribution in [2.75, 3.05) is 20.1 Å². The van der Waals surface area contributed by atoms with E-state index in [0.717, 1.165) is 5.92 Å². The molecule has 1 aromatic carbocycles. The number of fused-ring (bicyclic) bond motifs is 1. The van der Waals surface area contributed by atoms with Gasteiger partial charge >= 0.3 is 0 Å². The minimum absolute atomic E-state index is 0.818. The van der Waals surface area contributed by atoms with Crippen LogP contribution in [0.15, 0.2) is 18.2 Å². The van der Waals surface area contributed by atoms with Crippen molar-refractivity contribution in [3.05, 3.63) is 34.9 Å². The molecule has 0 N–H and O–H groups in total. The number of aryl methyl sites for hydroxylation is 2. The molecule has 0 saturated carbocycles. The van der Waals surface area contributed by atoms with E-state index in [2.05, 4.69) is 30.1 Å². The van der Waals surface area contributed by atoms with Gasteiger partial charge in [-0.2, -0.15) is 0 Å². The number of nitrogens with zero attached hydrogens (tertiary/aromatic N) is 1. The van der Waals surface area contributed by atoms with Crippen molar-refractivity contribution in [2.24, 2.45) is 0 Å². The SMILES string of the molecule is CN1CCC(c2ccc3c(c2)CCCC3)CC1. The van der Waals surface area contributed by atoms with Gasteiger partial charge in [0, 0.05) is 0 Å². The van der Waals surface area contributed by atoms with E-state index in [1.54, 1.807) is 16.7 Å². The van der Waals surface area contributed by atoms with Gasteiger partial charge in [-0.15, -0.1) is 0 Å². The monoisotopic (exact) mass is 229 g/mol. The fraction of sp³-hybridized carbons (Fsp3) is 0.625. The Kier molecular flexibility index (Phi) is 3.19. The van der Waals surface area contributed by atoms with Crippen LogP contribution in [0.2, 0.25) is 0 Å². The minimum atomic E-state index is 0.818. The molecule has 1 heterocycles. The average Bonchev–Trinajstić information content (AvgIpc) is 2.39. The molecule has 0 bridgehead atoms. The number of rotatable bonds is 1. The quantitative estimate of drug-likeness (QED) is 0.713. The molecule has 1 aliphatic carbocycles. The van der Waals surface area contributed by atoms with Gasteiger partial charge in [0.2, 0.25) is 0 Å². The van der Waals surface area contributed by atoms with Crippen molar-refractivity contribution in [1.82, 2.24) is 4.90 Å². The van der Waals surface area contributed by atoms with Gasteiger partial charge < -0.3 is 4.90 Å². The van der Waals surface area contributed by atoms with E-state index in [9.17, 15) is 0 Å². The molecule has 1 heteroatoms. The Morgan fingerprint density at radius 3 is 2.47 bits per heavy atom. The van der Waals surface area contributed by atoms with E-state index in [1.807, 2.05) is 0 Å². The number of benzene rings is 1. The van der Waals surface area contributed by atoms with Gasteiger partial charge in [0.15, 0.2) is 0 Å². The summed E-state index contributed by atoms with van der Waals surface area (Å²) in [4.78, 5) is 2.45. The second kappa shape index (κ2) is 4.81. The summed E-state index contributed by atoms with van der Waals surface area (Å²) in [6, 6.07) is 7.33. The highest BCUT2D eigenvalue weighted by molar-refractivity contribution is 5.35. The van der Waals surface area contributed by atoms with Crippen LogP contribution < -0.4 is 0 Å². The third kappa shape index (κ3) is 2.40. The predicted octanol–water partition coefficient (Wildman–Crippen LogP) is 3.37. The molecule has 0 radical (unpaired) electrons. The number of hydrogen-bond donors (Lipinski definition) is 0. The normalized spacial score (nSPS) is 22.4. The summed E-state index contributed by atoms with van der Waals surface area (Å²) in [5.74, 6) is 0.818. The zero-order valence-electron chi connectivity index (χ0n) is 10.9. The van der Waals surface area contributed by atoms with Gasteiger partial charge in [-0.1, -0.05) is 18.2 Å². The summed E-state index contributed by atoms with van der Waals surface area (Å²) in [5.41, 5.74) is 4.87.